The van der Waals surface area contributed by atoms with Crippen molar-refractivity contribution in [2.75, 3.05) is 0 Å². The number of allylic oxidation sites excluding steroid dienone is 2. The summed E-state index contributed by atoms with van der Waals surface area (Å²) in [4.78, 5) is 0. The van der Waals surface area contributed by atoms with Gasteiger partial charge in [0, 0.05) is 0 Å². The smallest absolute Gasteiger partial charge is 0.0320 e. The van der Waals surface area contributed by atoms with Gasteiger partial charge in [0.05, 0.1) is 0 Å². The van der Waals surface area contributed by atoms with Gasteiger partial charge in [0.1, 0.15) is 0 Å². The normalized spacial score (nSPS) is 13.5. The first-order valence-corrected chi connectivity index (χ1v) is 3.16. The second-order valence-electron chi connectivity index (χ2n) is 2.16. The third-order valence-electron chi connectivity index (χ3n) is 1.63. The van der Waals surface area contributed by atoms with Gasteiger partial charge < -0.3 is 0 Å². The molecule has 0 nitrogen and oxygen atoms in total. The van der Waals surface area contributed by atoms with Crippen LogP contribution in [0.1, 0.15) is 33.6 Å². The summed E-state index contributed by atoms with van der Waals surface area (Å²) in [5, 5.41) is 0. The molecule has 0 aliphatic carbocycles. The molecule has 0 N–H and O–H groups in total. The van der Waals surface area contributed by atoms with Crippen LogP contribution in [-0.2, 0) is 0 Å². The van der Waals surface area contributed by atoms with Gasteiger partial charge in [-0.3, -0.25) is 0 Å². The number of rotatable bonds is 2. The van der Waals surface area contributed by atoms with Gasteiger partial charge >= 0.3 is 0 Å². The van der Waals surface area contributed by atoms with E-state index in [0.29, 0.717) is 0 Å². The lowest BCUT2D eigenvalue weighted by Crippen LogP contribution is -1.78. The second-order valence-corrected chi connectivity index (χ2v) is 2.16. The van der Waals surface area contributed by atoms with E-state index in [-0.39, 0.29) is 0 Å². The van der Waals surface area contributed by atoms with E-state index >= 15 is 0 Å². The summed E-state index contributed by atoms with van der Waals surface area (Å²) in [6, 6.07) is 0. The van der Waals surface area contributed by atoms with Gasteiger partial charge in [-0.25, -0.2) is 0 Å². The topological polar surface area (TPSA) is 0 Å². The Balaban J connectivity index is 3.83. The van der Waals surface area contributed by atoms with E-state index in [1.165, 1.54) is 17.6 Å². The number of hydrogen-bond acceptors (Lipinski definition) is 0. The van der Waals surface area contributed by atoms with Crippen LogP contribution in [0.3, 0.4) is 0 Å². The molecule has 0 rings (SSSR count). The molecule has 0 atom stereocenters. The molecule has 0 amide bonds. The average molecular weight is 111 g/mol. The third kappa shape index (κ3) is 2.15. The summed E-state index contributed by atoms with van der Waals surface area (Å²) in [6.07, 6.45) is 2.13. The Hall–Kier alpha value is -0.260. The fourth-order valence-electron chi connectivity index (χ4n) is 0.515. The molecule has 0 heteroatoms. The molecule has 0 bridgehead atoms. The Morgan fingerprint density at radius 3 is 1.88 bits per heavy atom. The molecule has 1 radical (unpaired) electrons. The molecule has 8 heavy (non-hydrogen) atoms. The van der Waals surface area contributed by atoms with Crippen LogP contribution >= 0.6 is 0 Å². The van der Waals surface area contributed by atoms with Crippen LogP contribution in [0.5, 0.6) is 0 Å². The van der Waals surface area contributed by atoms with Crippen LogP contribution in [0.15, 0.2) is 11.1 Å². The third-order valence-corrected chi connectivity index (χ3v) is 1.63. The lowest BCUT2D eigenvalue weighted by molar-refractivity contribution is 1.02. The van der Waals surface area contributed by atoms with E-state index < -0.39 is 0 Å². The summed E-state index contributed by atoms with van der Waals surface area (Å²) in [5.74, 6) is 0. The quantitative estimate of drug-likeness (QED) is 0.480. The van der Waals surface area contributed by atoms with E-state index in [0.717, 1.165) is 6.42 Å². The maximum Gasteiger partial charge on any atom is -0.0320 e. The van der Waals surface area contributed by atoms with Crippen molar-refractivity contribution in [3.05, 3.63) is 18.1 Å². The minimum Gasteiger partial charge on any atom is -0.0747 e. The Morgan fingerprint density at radius 2 is 1.75 bits per heavy atom. The van der Waals surface area contributed by atoms with Crippen LogP contribution in [0.4, 0.5) is 0 Å². The molecule has 0 aromatic heterocycles. The fourth-order valence-corrected chi connectivity index (χ4v) is 0.515. The van der Waals surface area contributed by atoms with E-state index in [1.807, 2.05) is 0 Å². The van der Waals surface area contributed by atoms with Crippen molar-refractivity contribution in [1.29, 1.82) is 0 Å². The first kappa shape index (κ1) is 7.74. The van der Waals surface area contributed by atoms with Crippen LogP contribution in [0, 0.1) is 6.92 Å². The van der Waals surface area contributed by atoms with Crippen molar-refractivity contribution >= 4 is 0 Å². The molecule has 47 valence electrons. The zero-order valence-electron chi connectivity index (χ0n) is 6.12. The van der Waals surface area contributed by atoms with Crippen molar-refractivity contribution in [1.82, 2.24) is 0 Å². The Kier molecular flexibility index (Phi) is 3.59. The van der Waals surface area contributed by atoms with Gasteiger partial charge in [0.25, 0.3) is 0 Å². The Bertz CT molecular complexity index is 76.2. The first-order chi connectivity index (χ1) is 3.72. The first-order valence-electron chi connectivity index (χ1n) is 3.16. The van der Waals surface area contributed by atoms with E-state index in [4.69, 9.17) is 0 Å². The van der Waals surface area contributed by atoms with Crippen LogP contribution in [0.25, 0.3) is 0 Å². The van der Waals surface area contributed by atoms with Crippen molar-refractivity contribution in [3.63, 3.8) is 0 Å². The molecule has 0 aromatic carbocycles. The highest BCUT2D eigenvalue weighted by Crippen LogP contribution is 2.08. The van der Waals surface area contributed by atoms with Crippen molar-refractivity contribution < 1.29 is 0 Å². The van der Waals surface area contributed by atoms with Crippen molar-refractivity contribution in [2.45, 2.75) is 33.6 Å². The standard InChI is InChI=1S/C8H15/c1-5-7(3)8(4)6-2/h1,5-6H2,2-4H3. The highest BCUT2D eigenvalue weighted by atomic mass is 13.9. The Labute approximate surface area is 52.6 Å². The zero-order valence-corrected chi connectivity index (χ0v) is 6.12. The molecule has 0 aliphatic rings. The lowest BCUT2D eigenvalue weighted by Gasteiger charge is -1.99. The molecule has 0 aliphatic heterocycles. The maximum absolute atomic E-state index is 3.80. The maximum atomic E-state index is 3.80. The highest BCUT2D eigenvalue weighted by Gasteiger charge is 1.88. The zero-order chi connectivity index (χ0) is 6.57. The van der Waals surface area contributed by atoms with Gasteiger partial charge in [-0.15, -0.1) is 0 Å². The van der Waals surface area contributed by atoms with Gasteiger partial charge in [0.15, 0.2) is 0 Å². The van der Waals surface area contributed by atoms with E-state index in [1.54, 1.807) is 0 Å². The monoisotopic (exact) mass is 111 g/mol. The van der Waals surface area contributed by atoms with Gasteiger partial charge in [-0.1, -0.05) is 18.1 Å². The van der Waals surface area contributed by atoms with Gasteiger partial charge in [0.2, 0.25) is 0 Å². The summed E-state index contributed by atoms with van der Waals surface area (Å²) >= 11 is 0. The minimum atomic E-state index is 0.958. The average Bonchev–Trinajstić information content (AvgIpc) is 1.84. The minimum absolute atomic E-state index is 0.958. The SMILES string of the molecule is [CH2]CC(C)=C(C)CC. The van der Waals surface area contributed by atoms with Crippen LogP contribution < -0.4 is 0 Å². The summed E-state index contributed by atoms with van der Waals surface area (Å²) in [7, 11) is 0. The second kappa shape index (κ2) is 3.71. The van der Waals surface area contributed by atoms with Gasteiger partial charge in [-0.05, 0) is 33.6 Å². The highest BCUT2D eigenvalue weighted by molar-refractivity contribution is 5.08. The molecule has 0 heterocycles. The molecule has 0 fully saturated rings. The Morgan fingerprint density at radius 1 is 1.25 bits per heavy atom. The van der Waals surface area contributed by atoms with Crippen LogP contribution in [0.2, 0.25) is 0 Å². The van der Waals surface area contributed by atoms with E-state index in [9.17, 15) is 0 Å². The van der Waals surface area contributed by atoms with Gasteiger partial charge in [-0.2, -0.15) is 0 Å². The van der Waals surface area contributed by atoms with E-state index in [2.05, 4.69) is 27.7 Å². The predicted octanol–water partition coefficient (Wildman–Crippen LogP) is 2.96. The van der Waals surface area contributed by atoms with Crippen molar-refractivity contribution in [3.8, 4) is 0 Å². The summed E-state index contributed by atoms with van der Waals surface area (Å²) < 4.78 is 0. The van der Waals surface area contributed by atoms with Crippen molar-refractivity contribution in [2.24, 2.45) is 0 Å². The molecule has 0 saturated heterocycles. The molecule has 0 saturated carbocycles. The fraction of sp³-hybridized carbons (Fsp3) is 0.625. The molecule has 0 unspecified atom stereocenters. The largest absolute Gasteiger partial charge is 0.0747 e. The summed E-state index contributed by atoms with van der Waals surface area (Å²) in [6.45, 7) is 10.3. The summed E-state index contributed by atoms with van der Waals surface area (Å²) in [5.41, 5.74) is 2.92. The number of hydrogen-bond donors (Lipinski definition) is 0. The molecule has 0 spiro atoms. The lowest BCUT2D eigenvalue weighted by atomic mass is 10.1. The molecular weight excluding hydrogens is 96.1 g/mol. The predicted molar refractivity (Wildman–Crippen MR) is 38.6 cm³/mol. The van der Waals surface area contributed by atoms with Crippen LogP contribution in [-0.4, -0.2) is 0 Å². The molecular formula is C8H15. The molecule has 0 aromatic rings.